The molecule has 0 bridgehead atoms. The van der Waals surface area contributed by atoms with Crippen molar-refractivity contribution in [1.29, 1.82) is 0 Å². The molecule has 1 unspecified atom stereocenters. The summed E-state index contributed by atoms with van der Waals surface area (Å²) >= 11 is 0. The molecule has 0 radical (unpaired) electrons. The lowest BCUT2D eigenvalue weighted by atomic mass is 10.2. The first-order valence-electron chi connectivity index (χ1n) is 6.44. The molecule has 0 heterocycles. The molecule has 0 saturated heterocycles. The number of ether oxygens (including phenoxy) is 1. The van der Waals surface area contributed by atoms with Crippen LogP contribution in [0.25, 0.3) is 0 Å². The highest BCUT2D eigenvalue weighted by Crippen LogP contribution is 1.99. The Labute approximate surface area is 108 Å². The van der Waals surface area contributed by atoms with Crippen molar-refractivity contribution in [3.8, 4) is 0 Å². The highest BCUT2D eigenvalue weighted by atomic mass is 16.5. The number of carboxylic acid groups (broad SMARTS) is 1. The first-order chi connectivity index (χ1) is 8.56. The summed E-state index contributed by atoms with van der Waals surface area (Å²) in [5.74, 6) is -0.937. The van der Waals surface area contributed by atoms with Gasteiger partial charge in [0.1, 0.15) is 6.04 Å². The lowest BCUT2D eigenvalue weighted by Gasteiger charge is -2.26. The highest BCUT2D eigenvalue weighted by Gasteiger charge is 2.23. The standard InChI is InChI=1S/C12H24N2O4/c1-4-7-8-18-12(17)13-9-10(11(15)16)14(5-2)6-3/h10H,4-9H2,1-3H3,(H,13,17)(H,15,16). The molecule has 0 aromatic rings. The van der Waals surface area contributed by atoms with Crippen LogP contribution in [0.15, 0.2) is 0 Å². The molecule has 1 amide bonds. The van der Waals surface area contributed by atoms with Crippen molar-refractivity contribution in [2.75, 3.05) is 26.2 Å². The molecule has 0 saturated carbocycles. The molecule has 0 fully saturated rings. The van der Waals surface area contributed by atoms with E-state index < -0.39 is 18.1 Å². The van der Waals surface area contributed by atoms with Gasteiger partial charge in [-0.2, -0.15) is 0 Å². The molecule has 6 nitrogen and oxygen atoms in total. The first kappa shape index (κ1) is 16.7. The Bertz CT molecular complexity index is 254. The van der Waals surface area contributed by atoms with Crippen LogP contribution in [0.3, 0.4) is 0 Å². The number of hydrogen-bond donors (Lipinski definition) is 2. The molecule has 1 atom stereocenters. The topological polar surface area (TPSA) is 78.9 Å². The molecule has 0 aliphatic heterocycles. The quantitative estimate of drug-likeness (QED) is 0.611. The van der Waals surface area contributed by atoms with Crippen molar-refractivity contribution in [3.63, 3.8) is 0 Å². The number of unbranched alkanes of at least 4 members (excludes halogenated alkanes) is 1. The Morgan fingerprint density at radius 2 is 1.89 bits per heavy atom. The number of carbonyl (C=O) groups is 2. The largest absolute Gasteiger partial charge is 0.480 e. The summed E-state index contributed by atoms with van der Waals surface area (Å²) in [5, 5.41) is 11.6. The first-order valence-corrected chi connectivity index (χ1v) is 6.44. The number of nitrogens with zero attached hydrogens (tertiary/aromatic N) is 1. The van der Waals surface area contributed by atoms with Crippen LogP contribution < -0.4 is 5.32 Å². The Morgan fingerprint density at radius 1 is 1.28 bits per heavy atom. The van der Waals surface area contributed by atoms with Crippen LogP contribution in [0.4, 0.5) is 4.79 Å². The third kappa shape index (κ3) is 6.44. The Balaban J connectivity index is 4.11. The van der Waals surface area contributed by atoms with Gasteiger partial charge in [0.2, 0.25) is 0 Å². The van der Waals surface area contributed by atoms with Crippen LogP contribution in [0, 0.1) is 0 Å². The van der Waals surface area contributed by atoms with Gasteiger partial charge in [0, 0.05) is 6.54 Å². The smallest absolute Gasteiger partial charge is 0.407 e. The SMILES string of the molecule is CCCCOC(=O)NCC(C(=O)O)N(CC)CC. The van der Waals surface area contributed by atoms with Gasteiger partial charge in [-0.3, -0.25) is 9.69 Å². The van der Waals surface area contributed by atoms with Crippen LogP contribution >= 0.6 is 0 Å². The molecule has 0 spiro atoms. The normalized spacial score (nSPS) is 12.2. The van der Waals surface area contributed by atoms with E-state index in [-0.39, 0.29) is 6.54 Å². The number of amides is 1. The zero-order valence-electron chi connectivity index (χ0n) is 11.4. The molecular formula is C12H24N2O4. The minimum absolute atomic E-state index is 0.0575. The summed E-state index contributed by atoms with van der Waals surface area (Å²) in [7, 11) is 0. The second kappa shape index (κ2) is 9.70. The van der Waals surface area contributed by atoms with Crippen molar-refractivity contribution >= 4 is 12.1 Å². The Kier molecular flexibility index (Phi) is 9.00. The molecule has 2 N–H and O–H groups in total. The molecular weight excluding hydrogens is 236 g/mol. The number of rotatable bonds is 9. The van der Waals surface area contributed by atoms with E-state index in [0.717, 1.165) is 12.8 Å². The molecule has 0 aliphatic carbocycles. The molecule has 6 heteroatoms. The van der Waals surface area contributed by atoms with E-state index in [1.165, 1.54) is 0 Å². The Morgan fingerprint density at radius 3 is 2.33 bits per heavy atom. The number of carboxylic acids is 1. The van der Waals surface area contributed by atoms with E-state index in [9.17, 15) is 9.59 Å². The molecule has 106 valence electrons. The van der Waals surface area contributed by atoms with Gasteiger partial charge in [-0.15, -0.1) is 0 Å². The van der Waals surface area contributed by atoms with Gasteiger partial charge in [0.15, 0.2) is 0 Å². The van der Waals surface area contributed by atoms with Crippen molar-refractivity contribution in [2.45, 2.75) is 39.7 Å². The van der Waals surface area contributed by atoms with Gasteiger partial charge >= 0.3 is 12.1 Å². The van der Waals surface area contributed by atoms with Gasteiger partial charge < -0.3 is 15.2 Å². The van der Waals surface area contributed by atoms with Crippen molar-refractivity contribution in [1.82, 2.24) is 10.2 Å². The van der Waals surface area contributed by atoms with E-state index in [0.29, 0.717) is 19.7 Å². The molecule has 18 heavy (non-hydrogen) atoms. The lowest BCUT2D eigenvalue weighted by molar-refractivity contribution is -0.142. The average Bonchev–Trinajstić information content (AvgIpc) is 2.34. The number of aliphatic carboxylic acids is 1. The number of likely N-dealkylation sites (N-methyl/N-ethyl adjacent to an activating group) is 1. The third-order valence-corrected chi connectivity index (χ3v) is 2.71. The zero-order chi connectivity index (χ0) is 14.0. The van der Waals surface area contributed by atoms with Gasteiger partial charge in [-0.25, -0.2) is 4.79 Å². The van der Waals surface area contributed by atoms with E-state index >= 15 is 0 Å². The van der Waals surface area contributed by atoms with Crippen LogP contribution in [0.5, 0.6) is 0 Å². The second-order valence-electron chi connectivity index (χ2n) is 3.95. The molecule has 0 aromatic carbocycles. The summed E-state index contributed by atoms with van der Waals surface area (Å²) in [4.78, 5) is 24.2. The number of carbonyl (C=O) groups excluding carboxylic acids is 1. The number of alkyl carbamates (subject to hydrolysis) is 1. The number of hydrogen-bond acceptors (Lipinski definition) is 4. The minimum atomic E-state index is -0.937. The van der Waals surface area contributed by atoms with Gasteiger partial charge in [0.05, 0.1) is 6.61 Å². The van der Waals surface area contributed by atoms with Crippen molar-refractivity contribution < 1.29 is 19.4 Å². The zero-order valence-corrected chi connectivity index (χ0v) is 11.4. The summed E-state index contributed by atoms with van der Waals surface area (Å²) < 4.78 is 4.90. The molecule has 0 aliphatic rings. The lowest BCUT2D eigenvalue weighted by Crippen LogP contribution is -2.48. The maximum Gasteiger partial charge on any atom is 0.407 e. The summed E-state index contributed by atoms with van der Waals surface area (Å²) in [5.41, 5.74) is 0. The van der Waals surface area contributed by atoms with Crippen LogP contribution in [0.2, 0.25) is 0 Å². The van der Waals surface area contributed by atoms with Crippen molar-refractivity contribution in [2.24, 2.45) is 0 Å². The predicted molar refractivity (Wildman–Crippen MR) is 68.6 cm³/mol. The summed E-state index contributed by atoms with van der Waals surface area (Å²) in [6, 6.07) is -0.710. The van der Waals surface area contributed by atoms with Crippen LogP contribution in [0.1, 0.15) is 33.6 Å². The molecule has 0 rings (SSSR count). The van der Waals surface area contributed by atoms with E-state index in [2.05, 4.69) is 5.32 Å². The van der Waals surface area contributed by atoms with Gasteiger partial charge in [0.25, 0.3) is 0 Å². The average molecular weight is 260 g/mol. The van der Waals surface area contributed by atoms with Gasteiger partial charge in [-0.05, 0) is 19.5 Å². The fourth-order valence-electron chi connectivity index (χ4n) is 1.58. The highest BCUT2D eigenvalue weighted by molar-refractivity contribution is 5.75. The second-order valence-corrected chi connectivity index (χ2v) is 3.95. The maximum atomic E-state index is 11.3. The van der Waals surface area contributed by atoms with E-state index in [4.69, 9.17) is 9.84 Å². The minimum Gasteiger partial charge on any atom is -0.480 e. The van der Waals surface area contributed by atoms with Crippen LogP contribution in [-0.2, 0) is 9.53 Å². The predicted octanol–water partition coefficient (Wildman–Crippen LogP) is 1.31. The third-order valence-electron chi connectivity index (χ3n) is 2.71. The summed E-state index contributed by atoms with van der Waals surface area (Å²) in [6.45, 7) is 7.45. The van der Waals surface area contributed by atoms with E-state index in [1.54, 1.807) is 4.90 Å². The number of nitrogens with one attached hydrogen (secondary N) is 1. The van der Waals surface area contributed by atoms with Crippen molar-refractivity contribution in [3.05, 3.63) is 0 Å². The fraction of sp³-hybridized carbons (Fsp3) is 0.833. The maximum absolute atomic E-state index is 11.3. The fourth-order valence-corrected chi connectivity index (χ4v) is 1.58. The molecule has 0 aromatic heterocycles. The monoisotopic (exact) mass is 260 g/mol. The van der Waals surface area contributed by atoms with Gasteiger partial charge in [-0.1, -0.05) is 27.2 Å². The van der Waals surface area contributed by atoms with Crippen LogP contribution in [-0.4, -0.2) is 54.4 Å². The summed E-state index contributed by atoms with van der Waals surface area (Å²) in [6.07, 6.45) is 1.21. The van der Waals surface area contributed by atoms with E-state index in [1.807, 2.05) is 20.8 Å². The Hall–Kier alpha value is -1.30.